The molecule has 2 aromatic carbocycles. The van der Waals surface area contributed by atoms with Gasteiger partial charge in [0.05, 0.1) is 11.4 Å². The molecular weight excluding hydrogens is 269 g/mol. The molecule has 5 nitrogen and oxygen atoms in total. The summed E-state index contributed by atoms with van der Waals surface area (Å²) < 4.78 is 15.2. The molecule has 3 rings (SSSR count). The van der Waals surface area contributed by atoms with Crippen molar-refractivity contribution in [3.63, 3.8) is 0 Å². The number of aryl methyl sites for hydroxylation is 2. The zero-order valence-electron chi connectivity index (χ0n) is 11.7. The van der Waals surface area contributed by atoms with Crippen molar-refractivity contribution >= 4 is 5.69 Å². The minimum absolute atomic E-state index is 0.101. The maximum absolute atomic E-state index is 13.6. The van der Waals surface area contributed by atoms with Gasteiger partial charge in [-0.15, -0.1) is 5.10 Å². The lowest BCUT2D eigenvalue weighted by Crippen LogP contribution is -2.01. The molecule has 0 saturated heterocycles. The normalized spacial score (nSPS) is 10.8. The number of nitrogens with zero attached hydrogens (tertiary/aromatic N) is 4. The van der Waals surface area contributed by atoms with Gasteiger partial charge in [-0.1, -0.05) is 6.07 Å². The van der Waals surface area contributed by atoms with Crippen LogP contribution < -0.4 is 5.73 Å². The Morgan fingerprint density at radius 3 is 2.57 bits per heavy atom. The lowest BCUT2D eigenvalue weighted by molar-refractivity contribution is 0.632. The number of tetrazole rings is 1. The third-order valence-electron chi connectivity index (χ3n) is 3.46. The van der Waals surface area contributed by atoms with Gasteiger partial charge in [-0.05, 0) is 65.7 Å². The average Bonchev–Trinajstić information content (AvgIpc) is 2.94. The molecule has 0 atom stereocenters. The first-order valence-corrected chi connectivity index (χ1v) is 6.47. The molecule has 0 radical (unpaired) electrons. The molecule has 0 spiro atoms. The van der Waals surface area contributed by atoms with Crippen LogP contribution >= 0.6 is 0 Å². The van der Waals surface area contributed by atoms with Crippen molar-refractivity contribution in [2.24, 2.45) is 0 Å². The standard InChI is InChI=1S/C15H14FN5/c1-9-3-5-12(7-10(9)2)21-15(18-19-20-21)11-4-6-14(17)13(16)8-11/h3-8H,17H2,1-2H3. The minimum atomic E-state index is -0.484. The van der Waals surface area contributed by atoms with Crippen LogP contribution in [0.25, 0.3) is 17.1 Å². The van der Waals surface area contributed by atoms with Gasteiger partial charge in [0.1, 0.15) is 5.82 Å². The van der Waals surface area contributed by atoms with Gasteiger partial charge in [0.2, 0.25) is 0 Å². The third-order valence-corrected chi connectivity index (χ3v) is 3.46. The highest BCUT2D eigenvalue weighted by Crippen LogP contribution is 2.23. The fourth-order valence-corrected chi connectivity index (χ4v) is 2.06. The first-order chi connectivity index (χ1) is 10.1. The van der Waals surface area contributed by atoms with Crippen molar-refractivity contribution in [2.75, 3.05) is 5.73 Å². The fraction of sp³-hybridized carbons (Fsp3) is 0.133. The zero-order valence-corrected chi connectivity index (χ0v) is 11.7. The summed E-state index contributed by atoms with van der Waals surface area (Å²) in [4.78, 5) is 0. The summed E-state index contributed by atoms with van der Waals surface area (Å²) in [5.41, 5.74) is 9.32. The van der Waals surface area contributed by atoms with E-state index in [0.29, 0.717) is 11.4 Å². The molecular formula is C15H14FN5. The number of aromatic nitrogens is 4. The quantitative estimate of drug-likeness (QED) is 0.734. The number of benzene rings is 2. The predicted octanol–water partition coefficient (Wildman–Crippen LogP) is 2.67. The highest BCUT2D eigenvalue weighted by Gasteiger charge is 2.12. The van der Waals surface area contributed by atoms with Crippen LogP contribution in [0.1, 0.15) is 11.1 Å². The summed E-state index contributed by atoms with van der Waals surface area (Å²) in [6, 6.07) is 10.4. The molecule has 0 aliphatic carbocycles. The molecule has 0 saturated carbocycles. The van der Waals surface area contributed by atoms with E-state index >= 15 is 0 Å². The monoisotopic (exact) mass is 283 g/mol. The molecule has 0 fully saturated rings. The molecule has 1 aromatic heterocycles. The van der Waals surface area contributed by atoms with Crippen molar-refractivity contribution in [1.29, 1.82) is 0 Å². The van der Waals surface area contributed by atoms with Gasteiger partial charge in [0.25, 0.3) is 0 Å². The predicted molar refractivity (Wildman–Crippen MR) is 78.4 cm³/mol. The Bertz CT molecular complexity index is 744. The summed E-state index contributed by atoms with van der Waals surface area (Å²) in [6.07, 6.45) is 0. The number of nitrogen functional groups attached to an aromatic ring is 1. The Labute approximate surface area is 121 Å². The Hall–Kier alpha value is -2.76. The maximum Gasteiger partial charge on any atom is 0.187 e. The number of rotatable bonds is 2. The van der Waals surface area contributed by atoms with E-state index in [1.807, 2.05) is 32.0 Å². The van der Waals surface area contributed by atoms with Crippen LogP contribution in [0.2, 0.25) is 0 Å². The number of halogens is 1. The Balaban J connectivity index is 2.12. The van der Waals surface area contributed by atoms with E-state index in [-0.39, 0.29) is 5.69 Å². The van der Waals surface area contributed by atoms with Gasteiger partial charge >= 0.3 is 0 Å². The van der Waals surface area contributed by atoms with Crippen molar-refractivity contribution < 1.29 is 4.39 Å². The second kappa shape index (κ2) is 4.97. The van der Waals surface area contributed by atoms with Gasteiger partial charge in [-0.2, -0.15) is 4.68 Å². The third kappa shape index (κ3) is 2.35. The van der Waals surface area contributed by atoms with E-state index in [1.165, 1.54) is 17.7 Å². The van der Waals surface area contributed by atoms with Crippen LogP contribution in [0.15, 0.2) is 36.4 Å². The van der Waals surface area contributed by atoms with Crippen molar-refractivity contribution in [1.82, 2.24) is 20.2 Å². The van der Waals surface area contributed by atoms with E-state index in [4.69, 9.17) is 5.73 Å². The Morgan fingerprint density at radius 2 is 1.86 bits per heavy atom. The Kier molecular flexibility index (Phi) is 3.13. The molecule has 1 heterocycles. The number of nitrogens with two attached hydrogens (primary N) is 1. The molecule has 106 valence electrons. The lowest BCUT2D eigenvalue weighted by Gasteiger charge is -2.07. The molecule has 6 heteroatoms. The van der Waals surface area contributed by atoms with Crippen LogP contribution in [0.3, 0.4) is 0 Å². The average molecular weight is 283 g/mol. The topological polar surface area (TPSA) is 69.6 Å². The summed E-state index contributed by atoms with van der Waals surface area (Å²) in [5, 5.41) is 11.7. The molecule has 0 amide bonds. The Morgan fingerprint density at radius 1 is 1.05 bits per heavy atom. The maximum atomic E-state index is 13.6. The number of anilines is 1. The summed E-state index contributed by atoms with van der Waals surface area (Å²) >= 11 is 0. The molecule has 3 aromatic rings. The van der Waals surface area contributed by atoms with Gasteiger partial charge in [-0.25, -0.2) is 4.39 Å². The van der Waals surface area contributed by atoms with Crippen LogP contribution in [0, 0.1) is 19.7 Å². The van der Waals surface area contributed by atoms with E-state index in [0.717, 1.165) is 11.3 Å². The zero-order chi connectivity index (χ0) is 15.0. The number of hydrogen-bond donors (Lipinski definition) is 1. The second-order valence-electron chi connectivity index (χ2n) is 4.92. The molecule has 2 N–H and O–H groups in total. The van der Waals surface area contributed by atoms with Gasteiger partial charge in [0.15, 0.2) is 5.82 Å². The van der Waals surface area contributed by atoms with Crippen molar-refractivity contribution in [3.05, 3.63) is 53.3 Å². The van der Waals surface area contributed by atoms with E-state index < -0.39 is 5.82 Å². The minimum Gasteiger partial charge on any atom is -0.396 e. The van der Waals surface area contributed by atoms with Crippen LogP contribution in [-0.2, 0) is 0 Å². The number of hydrogen-bond acceptors (Lipinski definition) is 4. The van der Waals surface area contributed by atoms with E-state index in [2.05, 4.69) is 15.5 Å². The van der Waals surface area contributed by atoms with Crippen LogP contribution in [-0.4, -0.2) is 20.2 Å². The lowest BCUT2D eigenvalue weighted by atomic mass is 10.1. The summed E-state index contributed by atoms with van der Waals surface area (Å²) in [5.74, 6) is -0.0145. The second-order valence-corrected chi connectivity index (χ2v) is 4.92. The van der Waals surface area contributed by atoms with Crippen LogP contribution in [0.4, 0.5) is 10.1 Å². The first-order valence-electron chi connectivity index (χ1n) is 6.47. The summed E-state index contributed by atoms with van der Waals surface area (Å²) in [6.45, 7) is 4.06. The van der Waals surface area contributed by atoms with Crippen molar-refractivity contribution in [3.8, 4) is 17.1 Å². The van der Waals surface area contributed by atoms with Crippen LogP contribution in [0.5, 0.6) is 0 Å². The first kappa shape index (κ1) is 13.2. The molecule has 21 heavy (non-hydrogen) atoms. The van der Waals surface area contributed by atoms with Gasteiger partial charge in [0, 0.05) is 5.56 Å². The van der Waals surface area contributed by atoms with E-state index in [9.17, 15) is 4.39 Å². The fourth-order valence-electron chi connectivity index (χ4n) is 2.06. The summed E-state index contributed by atoms with van der Waals surface area (Å²) in [7, 11) is 0. The highest BCUT2D eigenvalue weighted by atomic mass is 19.1. The molecule has 0 unspecified atom stereocenters. The SMILES string of the molecule is Cc1ccc(-n2nnnc2-c2ccc(N)c(F)c2)cc1C. The highest BCUT2D eigenvalue weighted by molar-refractivity contribution is 5.61. The molecule has 0 bridgehead atoms. The molecule has 0 aliphatic rings. The van der Waals surface area contributed by atoms with E-state index in [1.54, 1.807) is 10.7 Å². The smallest absolute Gasteiger partial charge is 0.187 e. The van der Waals surface area contributed by atoms with Gasteiger partial charge in [-0.3, -0.25) is 0 Å². The van der Waals surface area contributed by atoms with Crippen molar-refractivity contribution in [2.45, 2.75) is 13.8 Å². The largest absolute Gasteiger partial charge is 0.396 e. The van der Waals surface area contributed by atoms with Gasteiger partial charge < -0.3 is 5.73 Å². The molecule has 0 aliphatic heterocycles.